The van der Waals surface area contributed by atoms with Crippen molar-refractivity contribution in [1.29, 1.82) is 0 Å². The van der Waals surface area contributed by atoms with Crippen molar-refractivity contribution in [3.05, 3.63) is 0 Å². The van der Waals surface area contributed by atoms with Gasteiger partial charge in [0, 0.05) is 35.7 Å². The zero-order valence-corrected chi connectivity index (χ0v) is 15.1. The van der Waals surface area contributed by atoms with Crippen molar-refractivity contribution in [2.75, 3.05) is 30.3 Å². The van der Waals surface area contributed by atoms with Gasteiger partial charge in [-0.1, -0.05) is 6.92 Å². The van der Waals surface area contributed by atoms with E-state index in [4.69, 9.17) is 11.5 Å². The molecule has 0 aromatic heterocycles. The first kappa shape index (κ1) is 19.9. The van der Waals surface area contributed by atoms with Gasteiger partial charge < -0.3 is 16.8 Å². The van der Waals surface area contributed by atoms with Crippen LogP contribution in [0.15, 0.2) is 0 Å². The largest absolute Gasteiger partial charge is 0.329 e. The highest BCUT2D eigenvalue weighted by Gasteiger charge is 2.29. The number of hydrogen-bond donors (Lipinski definition) is 6. The molecule has 0 aliphatic heterocycles. The van der Waals surface area contributed by atoms with E-state index in [9.17, 15) is 0 Å². The standard InChI is InChI=1S/C13H31N3S3/c1-11(8-17,4-5-12(2,15)9-18)7-16-13(3,6-14)10-19/h16-19H,4-10,14-15H2,1-3H3/t11-,12-,13-/m0/s1. The number of nitrogens with one attached hydrogen (secondary N) is 1. The molecular weight excluding hydrogens is 294 g/mol. The lowest BCUT2D eigenvalue weighted by atomic mass is 9.82. The van der Waals surface area contributed by atoms with Gasteiger partial charge in [-0.25, -0.2) is 0 Å². The summed E-state index contributed by atoms with van der Waals surface area (Å²) < 4.78 is 0. The van der Waals surface area contributed by atoms with Crippen molar-refractivity contribution >= 4 is 37.9 Å². The lowest BCUT2D eigenvalue weighted by molar-refractivity contribution is 0.252. The van der Waals surface area contributed by atoms with E-state index in [0.29, 0.717) is 12.3 Å². The zero-order valence-electron chi connectivity index (χ0n) is 12.4. The van der Waals surface area contributed by atoms with Gasteiger partial charge in [-0.15, -0.1) is 0 Å². The van der Waals surface area contributed by atoms with E-state index in [1.54, 1.807) is 0 Å². The van der Waals surface area contributed by atoms with Gasteiger partial charge in [0.2, 0.25) is 0 Å². The molecule has 0 rings (SSSR count). The van der Waals surface area contributed by atoms with Crippen LogP contribution in [-0.2, 0) is 0 Å². The second-order valence-electron chi connectivity index (χ2n) is 6.56. The van der Waals surface area contributed by atoms with Crippen LogP contribution in [0.3, 0.4) is 0 Å². The van der Waals surface area contributed by atoms with Crippen LogP contribution in [-0.4, -0.2) is 41.4 Å². The van der Waals surface area contributed by atoms with E-state index in [1.165, 1.54) is 0 Å². The van der Waals surface area contributed by atoms with Gasteiger partial charge in [0.05, 0.1) is 0 Å². The summed E-state index contributed by atoms with van der Waals surface area (Å²) in [6, 6.07) is 0. The number of rotatable bonds is 10. The Labute approximate surface area is 135 Å². The molecule has 0 amide bonds. The zero-order chi connectivity index (χ0) is 15.2. The molecule has 0 radical (unpaired) electrons. The van der Waals surface area contributed by atoms with E-state index in [-0.39, 0.29) is 16.5 Å². The van der Waals surface area contributed by atoms with Crippen LogP contribution in [0, 0.1) is 5.41 Å². The van der Waals surface area contributed by atoms with Crippen LogP contribution in [0.25, 0.3) is 0 Å². The van der Waals surface area contributed by atoms with Crippen LogP contribution in [0.2, 0.25) is 0 Å². The summed E-state index contributed by atoms with van der Waals surface area (Å²) in [5.74, 6) is 2.23. The summed E-state index contributed by atoms with van der Waals surface area (Å²) >= 11 is 13.2. The molecule has 5 N–H and O–H groups in total. The molecule has 0 aromatic rings. The highest BCUT2D eigenvalue weighted by molar-refractivity contribution is 7.80. The first-order valence-electron chi connectivity index (χ1n) is 6.72. The van der Waals surface area contributed by atoms with Gasteiger partial charge in [0.15, 0.2) is 0 Å². The van der Waals surface area contributed by atoms with Crippen LogP contribution in [0.5, 0.6) is 0 Å². The lowest BCUT2D eigenvalue weighted by Crippen LogP contribution is -2.54. The van der Waals surface area contributed by atoms with E-state index >= 15 is 0 Å². The number of thiol groups is 3. The molecule has 0 aliphatic rings. The first-order valence-corrected chi connectivity index (χ1v) is 8.62. The predicted molar refractivity (Wildman–Crippen MR) is 97.0 cm³/mol. The van der Waals surface area contributed by atoms with E-state index in [2.05, 4.69) is 57.1 Å². The summed E-state index contributed by atoms with van der Waals surface area (Å²) in [5, 5.41) is 3.53. The number of nitrogens with two attached hydrogens (primary N) is 2. The lowest BCUT2D eigenvalue weighted by Gasteiger charge is -2.36. The minimum atomic E-state index is -0.214. The van der Waals surface area contributed by atoms with E-state index in [1.807, 2.05) is 6.92 Å². The maximum absolute atomic E-state index is 6.16. The molecule has 0 heterocycles. The molecule has 0 spiro atoms. The summed E-state index contributed by atoms with van der Waals surface area (Å²) in [6.45, 7) is 7.82. The minimum Gasteiger partial charge on any atom is -0.329 e. The third kappa shape index (κ3) is 7.48. The Morgan fingerprint density at radius 3 is 1.89 bits per heavy atom. The molecule has 19 heavy (non-hydrogen) atoms. The van der Waals surface area contributed by atoms with Gasteiger partial charge in [-0.2, -0.15) is 37.9 Å². The minimum absolute atomic E-state index is 0.103. The Hall–Kier alpha value is 0.930. The average molecular weight is 326 g/mol. The molecular formula is C13H31N3S3. The van der Waals surface area contributed by atoms with Crippen LogP contribution >= 0.6 is 37.9 Å². The highest BCUT2D eigenvalue weighted by Crippen LogP contribution is 2.28. The van der Waals surface area contributed by atoms with Gasteiger partial charge in [-0.05, 0) is 37.9 Å². The fraction of sp³-hybridized carbons (Fsp3) is 1.00. The summed E-state index contributed by atoms with van der Waals surface area (Å²) in [7, 11) is 0. The topological polar surface area (TPSA) is 64.1 Å². The quantitative estimate of drug-likeness (QED) is 0.346. The van der Waals surface area contributed by atoms with Crippen LogP contribution in [0.4, 0.5) is 0 Å². The van der Waals surface area contributed by atoms with Gasteiger partial charge in [0.25, 0.3) is 0 Å². The Morgan fingerprint density at radius 2 is 1.53 bits per heavy atom. The van der Waals surface area contributed by atoms with Gasteiger partial charge >= 0.3 is 0 Å². The molecule has 0 bridgehead atoms. The fourth-order valence-electron chi connectivity index (χ4n) is 1.51. The maximum Gasteiger partial charge on any atom is 0.0364 e. The first-order chi connectivity index (χ1) is 8.66. The predicted octanol–water partition coefficient (Wildman–Crippen LogP) is 1.59. The molecule has 0 unspecified atom stereocenters. The molecule has 116 valence electrons. The fourth-order valence-corrected chi connectivity index (χ4v) is 2.18. The van der Waals surface area contributed by atoms with Gasteiger partial charge in [0.1, 0.15) is 0 Å². The van der Waals surface area contributed by atoms with Crippen molar-refractivity contribution in [2.24, 2.45) is 16.9 Å². The van der Waals surface area contributed by atoms with Crippen molar-refractivity contribution in [2.45, 2.75) is 44.7 Å². The Balaban J connectivity index is 4.45. The van der Waals surface area contributed by atoms with Crippen molar-refractivity contribution in [1.82, 2.24) is 5.32 Å². The normalized spacial score (nSPS) is 21.5. The van der Waals surface area contributed by atoms with Crippen LogP contribution in [0.1, 0.15) is 33.6 Å². The Bertz CT molecular complexity index is 258. The maximum atomic E-state index is 6.16. The van der Waals surface area contributed by atoms with E-state index in [0.717, 1.165) is 30.9 Å². The molecule has 0 fully saturated rings. The molecule has 6 heteroatoms. The molecule has 0 aliphatic carbocycles. The van der Waals surface area contributed by atoms with Crippen molar-refractivity contribution in [3.63, 3.8) is 0 Å². The van der Waals surface area contributed by atoms with E-state index < -0.39 is 0 Å². The van der Waals surface area contributed by atoms with Crippen molar-refractivity contribution in [3.8, 4) is 0 Å². The smallest absolute Gasteiger partial charge is 0.0364 e. The van der Waals surface area contributed by atoms with Crippen LogP contribution < -0.4 is 16.8 Å². The SMILES string of the molecule is C[C@@](N)(CS)CC[C@](C)(CS)CN[C@@](C)(CN)CS. The molecule has 0 aromatic carbocycles. The average Bonchev–Trinajstić information content (AvgIpc) is 2.42. The molecule has 3 atom stereocenters. The Kier molecular flexibility index (Phi) is 8.80. The summed E-state index contributed by atoms with van der Waals surface area (Å²) in [4.78, 5) is 0. The summed E-state index contributed by atoms with van der Waals surface area (Å²) in [6.07, 6.45) is 1.96. The third-order valence-electron chi connectivity index (χ3n) is 3.78. The van der Waals surface area contributed by atoms with Gasteiger partial charge in [-0.3, -0.25) is 0 Å². The summed E-state index contributed by atoms with van der Waals surface area (Å²) in [5.41, 5.74) is 11.7. The molecule has 0 saturated carbocycles. The number of hydrogen-bond acceptors (Lipinski definition) is 6. The molecule has 3 nitrogen and oxygen atoms in total. The molecule has 0 saturated heterocycles. The highest BCUT2D eigenvalue weighted by atomic mass is 32.1. The second kappa shape index (κ2) is 8.39. The third-order valence-corrected chi connectivity index (χ3v) is 5.97. The monoisotopic (exact) mass is 325 g/mol. The second-order valence-corrected chi connectivity index (χ2v) is 7.51. The van der Waals surface area contributed by atoms with Crippen molar-refractivity contribution < 1.29 is 0 Å². The Morgan fingerprint density at radius 1 is 0.947 bits per heavy atom.